The summed E-state index contributed by atoms with van der Waals surface area (Å²) in [5.41, 5.74) is 8.01. The summed E-state index contributed by atoms with van der Waals surface area (Å²) in [7, 11) is 0. The van der Waals surface area contributed by atoms with Gasteiger partial charge in [-0.1, -0.05) is 50.2 Å². The van der Waals surface area contributed by atoms with Crippen LogP contribution in [0.3, 0.4) is 0 Å². The maximum Gasteiger partial charge on any atom is 0.0856 e. The van der Waals surface area contributed by atoms with Crippen molar-refractivity contribution in [2.75, 3.05) is 6.54 Å². The van der Waals surface area contributed by atoms with Crippen molar-refractivity contribution in [3.63, 3.8) is 0 Å². The van der Waals surface area contributed by atoms with Crippen molar-refractivity contribution in [2.24, 2.45) is 11.7 Å². The van der Waals surface area contributed by atoms with Crippen LogP contribution in [0.4, 0.5) is 0 Å². The number of nitrogens with two attached hydrogens (primary N) is 1. The largest absolute Gasteiger partial charge is 0.330 e. The zero-order chi connectivity index (χ0) is 13.3. The monoisotopic (exact) mass is 264 g/mol. The highest BCUT2D eigenvalue weighted by atomic mass is 15.3. The number of rotatable bonds is 8. The molecule has 2 rings (SSSR count). The molecule has 1 aliphatic carbocycles. The zero-order valence-corrected chi connectivity index (χ0v) is 12.0. The van der Waals surface area contributed by atoms with E-state index in [0.717, 1.165) is 31.7 Å². The summed E-state index contributed by atoms with van der Waals surface area (Å²) in [6, 6.07) is 0. The third kappa shape index (κ3) is 4.94. The highest BCUT2D eigenvalue weighted by Crippen LogP contribution is 2.27. The Bertz CT molecular complexity index is 342. The molecule has 19 heavy (non-hydrogen) atoms. The first kappa shape index (κ1) is 14.5. The lowest BCUT2D eigenvalue weighted by atomic mass is 9.85. The van der Waals surface area contributed by atoms with Gasteiger partial charge in [-0.2, -0.15) is 0 Å². The first-order chi connectivity index (χ1) is 9.40. The Balaban J connectivity index is 1.73. The lowest BCUT2D eigenvalue weighted by Gasteiger charge is -2.20. The predicted molar refractivity (Wildman–Crippen MR) is 77.9 cm³/mol. The van der Waals surface area contributed by atoms with Crippen molar-refractivity contribution in [3.05, 3.63) is 11.4 Å². The Hall–Kier alpha value is -0.900. The van der Waals surface area contributed by atoms with E-state index in [1.54, 1.807) is 0 Å². The number of aromatic nitrogens is 3. The average Bonchev–Trinajstić information content (AvgIpc) is 2.87. The van der Waals surface area contributed by atoms with Gasteiger partial charge in [0.25, 0.3) is 0 Å². The van der Waals surface area contributed by atoms with Gasteiger partial charge >= 0.3 is 0 Å². The first-order valence-electron chi connectivity index (χ1n) is 7.99. The zero-order valence-electron chi connectivity index (χ0n) is 12.0. The first-order valence-corrected chi connectivity index (χ1v) is 7.99. The van der Waals surface area contributed by atoms with Crippen LogP contribution < -0.4 is 5.73 Å². The number of hydrogen-bond acceptors (Lipinski definition) is 3. The summed E-state index contributed by atoms with van der Waals surface area (Å²) in [6.07, 6.45) is 14.1. The second-order valence-electron chi connectivity index (χ2n) is 5.90. The third-order valence-corrected chi connectivity index (χ3v) is 4.29. The quantitative estimate of drug-likeness (QED) is 0.709. The van der Waals surface area contributed by atoms with E-state index in [1.165, 1.54) is 62.8 Å². The van der Waals surface area contributed by atoms with Crippen LogP contribution in [0, 0.1) is 5.92 Å². The van der Waals surface area contributed by atoms with E-state index in [-0.39, 0.29) is 0 Å². The van der Waals surface area contributed by atoms with Crippen LogP contribution in [0.5, 0.6) is 0 Å². The molecule has 1 aromatic heterocycles. The van der Waals surface area contributed by atoms with E-state index in [2.05, 4.69) is 15.4 Å². The topological polar surface area (TPSA) is 67.6 Å². The molecule has 0 aromatic carbocycles. The molecule has 3 N–H and O–H groups in total. The number of unbranched alkanes of at least 4 members (excludes halogenated alkanes) is 3. The summed E-state index contributed by atoms with van der Waals surface area (Å²) in [5.74, 6) is 0.854. The van der Waals surface area contributed by atoms with Crippen LogP contribution in [0.15, 0.2) is 0 Å². The summed E-state index contributed by atoms with van der Waals surface area (Å²) in [4.78, 5) is 0. The second kappa shape index (κ2) is 8.31. The summed E-state index contributed by atoms with van der Waals surface area (Å²) in [5, 5.41) is 11.4. The Labute approximate surface area is 116 Å². The SMILES string of the molecule is NCCCCCCc1nn[nH]c1CC1CCCCC1. The second-order valence-corrected chi connectivity index (χ2v) is 5.90. The molecule has 108 valence electrons. The number of aromatic amines is 1. The van der Waals surface area contributed by atoms with Crippen molar-refractivity contribution < 1.29 is 0 Å². The lowest BCUT2D eigenvalue weighted by Crippen LogP contribution is -2.10. The fourth-order valence-electron chi connectivity index (χ4n) is 3.11. The molecule has 0 spiro atoms. The summed E-state index contributed by atoms with van der Waals surface area (Å²) < 4.78 is 0. The minimum Gasteiger partial charge on any atom is -0.330 e. The van der Waals surface area contributed by atoms with Crippen molar-refractivity contribution in [2.45, 2.75) is 70.6 Å². The Morgan fingerprint density at radius 3 is 2.63 bits per heavy atom. The van der Waals surface area contributed by atoms with Crippen LogP contribution in [0.1, 0.15) is 69.2 Å². The molecule has 0 saturated heterocycles. The average molecular weight is 264 g/mol. The van der Waals surface area contributed by atoms with E-state index in [0.29, 0.717) is 0 Å². The van der Waals surface area contributed by atoms with Gasteiger partial charge in [-0.05, 0) is 38.1 Å². The molecule has 1 aromatic rings. The van der Waals surface area contributed by atoms with Crippen molar-refractivity contribution in [1.29, 1.82) is 0 Å². The van der Waals surface area contributed by atoms with Gasteiger partial charge in [-0.3, -0.25) is 5.10 Å². The van der Waals surface area contributed by atoms with Gasteiger partial charge in [0.15, 0.2) is 0 Å². The minimum absolute atomic E-state index is 0.816. The molecule has 0 aliphatic heterocycles. The molecular weight excluding hydrogens is 236 g/mol. The number of aryl methyl sites for hydroxylation is 1. The highest BCUT2D eigenvalue weighted by molar-refractivity contribution is 5.09. The lowest BCUT2D eigenvalue weighted by molar-refractivity contribution is 0.353. The van der Waals surface area contributed by atoms with Crippen LogP contribution in [0.2, 0.25) is 0 Å². The molecule has 0 amide bonds. The standard InChI is InChI=1S/C15H28N4/c16-11-7-2-1-6-10-14-15(18-19-17-14)12-13-8-4-3-5-9-13/h13H,1-12,16H2,(H,17,18,19). The van der Waals surface area contributed by atoms with Gasteiger partial charge in [0.05, 0.1) is 11.4 Å². The number of hydrogen-bond donors (Lipinski definition) is 2. The Morgan fingerprint density at radius 1 is 1.05 bits per heavy atom. The van der Waals surface area contributed by atoms with E-state index >= 15 is 0 Å². The predicted octanol–water partition coefficient (Wildman–Crippen LogP) is 2.99. The van der Waals surface area contributed by atoms with Crippen molar-refractivity contribution in [1.82, 2.24) is 15.4 Å². The van der Waals surface area contributed by atoms with Crippen molar-refractivity contribution >= 4 is 0 Å². The maximum atomic E-state index is 5.51. The van der Waals surface area contributed by atoms with E-state index in [1.807, 2.05) is 0 Å². The van der Waals surface area contributed by atoms with Crippen LogP contribution >= 0.6 is 0 Å². The number of H-pyrrole nitrogens is 1. The highest BCUT2D eigenvalue weighted by Gasteiger charge is 2.17. The number of nitrogens with one attached hydrogen (secondary N) is 1. The molecule has 0 bridgehead atoms. The number of nitrogens with zero attached hydrogens (tertiary/aromatic N) is 2. The minimum atomic E-state index is 0.816. The van der Waals surface area contributed by atoms with Gasteiger partial charge < -0.3 is 5.73 Å². The fourth-order valence-corrected chi connectivity index (χ4v) is 3.11. The van der Waals surface area contributed by atoms with Gasteiger partial charge in [-0.25, -0.2) is 0 Å². The fraction of sp³-hybridized carbons (Fsp3) is 0.867. The molecular formula is C15H28N4. The molecule has 0 atom stereocenters. The molecule has 4 heteroatoms. The summed E-state index contributed by atoms with van der Waals surface area (Å²) in [6.45, 7) is 0.816. The van der Waals surface area contributed by atoms with Crippen LogP contribution in [-0.2, 0) is 12.8 Å². The van der Waals surface area contributed by atoms with Gasteiger partial charge in [0, 0.05) is 0 Å². The van der Waals surface area contributed by atoms with E-state index in [4.69, 9.17) is 5.73 Å². The van der Waals surface area contributed by atoms with Crippen molar-refractivity contribution in [3.8, 4) is 0 Å². The molecule has 0 radical (unpaired) electrons. The smallest absolute Gasteiger partial charge is 0.0856 e. The maximum absolute atomic E-state index is 5.51. The molecule has 1 saturated carbocycles. The van der Waals surface area contributed by atoms with Crippen LogP contribution in [0.25, 0.3) is 0 Å². The van der Waals surface area contributed by atoms with Gasteiger partial charge in [0.1, 0.15) is 0 Å². The normalized spacial score (nSPS) is 16.9. The Morgan fingerprint density at radius 2 is 1.84 bits per heavy atom. The molecule has 0 unspecified atom stereocenters. The van der Waals surface area contributed by atoms with E-state index < -0.39 is 0 Å². The molecule has 4 nitrogen and oxygen atoms in total. The molecule has 1 aliphatic rings. The summed E-state index contributed by atoms with van der Waals surface area (Å²) >= 11 is 0. The third-order valence-electron chi connectivity index (χ3n) is 4.29. The van der Waals surface area contributed by atoms with Crippen LogP contribution in [-0.4, -0.2) is 22.0 Å². The van der Waals surface area contributed by atoms with E-state index in [9.17, 15) is 0 Å². The molecule has 1 heterocycles. The molecule has 1 fully saturated rings. The van der Waals surface area contributed by atoms with Gasteiger partial charge in [0.2, 0.25) is 0 Å². The van der Waals surface area contributed by atoms with Gasteiger partial charge in [-0.15, -0.1) is 5.10 Å². The Kier molecular flexibility index (Phi) is 6.34.